The highest BCUT2D eigenvalue weighted by atomic mass is 79.9. The van der Waals surface area contributed by atoms with Crippen molar-refractivity contribution in [3.05, 3.63) is 82.3 Å². The minimum absolute atomic E-state index is 0.715. The zero-order valence-corrected chi connectivity index (χ0v) is 16.2. The van der Waals surface area contributed by atoms with Gasteiger partial charge in [-0.15, -0.1) is 0 Å². The number of rotatable bonds is 3. The number of aryl methyl sites for hydroxylation is 2. The molecule has 3 nitrogen and oxygen atoms in total. The molecular formula is C22H18BrN3. The van der Waals surface area contributed by atoms with E-state index in [2.05, 4.69) is 53.3 Å². The molecule has 0 saturated carbocycles. The molecule has 0 amide bonds. The summed E-state index contributed by atoms with van der Waals surface area (Å²) in [6.45, 7) is 4.23. The van der Waals surface area contributed by atoms with Crippen molar-refractivity contribution in [3.8, 4) is 11.4 Å². The number of benzene rings is 3. The first-order chi connectivity index (χ1) is 12.6. The van der Waals surface area contributed by atoms with Crippen LogP contribution in [0.4, 0.5) is 11.5 Å². The molecule has 0 aliphatic rings. The normalized spacial score (nSPS) is 10.9. The second-order valence-corrected chi connectivity index (χ2v) is 7.26. The second-order valence-electron chi connectivity index (χ2n) is 6.35. The van der Waals surface area contributed by atoms with Crippen LogP contribution in [0.15, 0.2) is 71.2 Å². The predicted octanol–water partition coefficient (Wildman–Crippen LogP) is 6.42. The third-order valence-electron chi connectivity index (χ3n) is 4.46. The fourth-order valence-corrected chi connectivity index (χ4v) is 3.23. The van der Waals surface area contributed by atoms with E-state index in [1.165, 1.54) is 11.1 Å². The number of hydrogen-bond acceptors (Lipinski definition) is 3. The number of nitrogens with one attached hydrogen (secondary N) is 1. The van der Waals surface area contributed by atoms with Gasteiger partial charge in [-0.1, -0.05) is 52.3 Å². The summed E-state index contributed by atoms with van der Waals surface area (Å²) in [7, 11) is 0. The van der Waals surface area contributed by atoms with Crippen molar-refractivity contribution in [2.45, 2.75) is 13.8 Å². The first-order valence-corrected chi connectivity index (χ1v) is 9.26. The zero-order chi connectivity index (χ0) is 18.1. The largest absolute Gasteiger partial charge is 0.340 e. The summed E-state index contributed by atoms with van der Waals surface area (Å²) in [6, 6.07) is 22.5. The summed E-state index contributed by atoms with van der Waals surface area (Å²) in [5, 5.41) is 4.46. The summed E-state index contributed by atoms with van der Waals surface area (Å²) in [5.74, 6) is 1.52. The van der Waals surface area contributed by atoms with Crippen LogP contribution in [0.5, 0.6) is 0 Å². The van der Waals surface area contributed by atoms with Crippen molar-refractivity contribution in [2.75, 3.05) is 5.32 Å². The lowest BCUT2D eigenvalue weighted by atomic mass is 10.1. The molecule has 0 saturated heterocycles. The van der Waals surface area contributed by atoms with Crippen molar-refractivity contribution in [1.82, 2.24) is 9.97 Å². The third-order valence-corrected chi connectivity index (χ3v) is 4.95. The van der Waals surface area contributed by atoms with Gasteiger partial charge in [0.25, 0.3) is 0 Å². The monoisotopic (exact) mass is 403 g/mol. The minimum Gasteiger partial charge on any atom is -0.340 e. The van der Waals surface area contributed by atoms with E-state index >= 15 is 0 Å². The lowest BCUT2D eigenvalue weighted by Gasteiger charge is -2.12. The highest BCUT2D eigenvalue weighted by Crippen LogP contribution is 2.30. The van der Waals surface area contributed by atoms with E-state index in [9.17, 15) is 0 Å². The molecule has 0 radical (unpaired) electrons. The zero-order valence-electron chi connectivity index (χ0n) is 14.6. The number of fused-ring (bicyclic) bond motifs is 1. The van der Waals surface area contributed by atoms with Gasteiger partial charge in [-0.25, -0.2) is 9.97 Å². The summed E-state index contributed by atoms with van der Waals surface area (Å²) < 4.78 is 1.00. The molecule has 4 rings (SSSR count). The molecule has 0 spiro atoms. The Kier molecular flexibility index (Phi) is 4.43. The molecule has 0 atom stereocenters. The van der Waals surface area contributed by atoms with Gasteiger partial charge in [0.05, 0.1) is 5.52 Å². The molecule has 3 aromatic carbocycles. The van der Waals surface area contributed by atoms with E-state index in [4.69, 9.17) is 9.97 Å². The average Bonchev–Trinajstić information content (AvgIpc) is 2.65. The average molecular weight is 404 g/mol. The lowest BCUT2D eigenvalue weighted by molar-refractivity contribution is 1.22. The topological polar surface area (TPSA) is 37.8 Å². The second kappa shape index (κ2) is 6.89. The van der Waals surface area contributed by atoms with Crippen LogP contribution in [0.2, 0.25) is 0 Å². The summed E-state index contributed by atoms with van der Waals surface area (Å²) in [4.78, 5) is 9.57. The van der Waals surface area contributed by atoms with Gasteiger partial charge in [-0.05, 0) is 55.3 Å². The van der Waals surface area contributed by atoms with Crippen LogP contribution >= 0.6 is 15.9 Å². The van der Waals surface area contributed by atoms with Crippen LogP contribution in [-0.2, 0) is 0 Å². The van der Waals surface area contributed by atoms with Crippen molar-refractivity contribution >= 4 is 38.3 Å². The van der Waals surface area contributed by atoms with E-state index in [0.29, 0.717) is 5.82 Å². The van der Waals surface area contributed by atoms with Gasteiger partial charge < -0.3 is 5.32 Å². The fraction of sp³-hybridized carbons (Fsp3) is 0.0909. The maximum absolute atomic E-state index is 4.82. The van der Waals surface area contributed by atoms with E-state index in [1.54, 1.807) is 0 Å². The fourth-order valence-electron chi connectivity index (χ4n) is 2.87. The SMILES string of the molecule is Cc1ccc(Nc2nc(-c3ccccc3)nc3ccc(Br)cc23)cc1C. The van der Waals surface area contributed by atoms with Gasteiger partial charge >= 0.3 is 0 Å². The van der Waals surface area contributed by atoms with E-state index in [1.807, 2.05) is 48.5 Å². The number of anilines is 2. The first kappa shape index (κ1) is 16.7. The maximum atomic E-state index is 4.82. The van der Waals surface area contributed by atoms with E-state index in [-0.39, 0.29) is 0 Å². The predicted molar refractivity (Wildman–Crippen MR) is 112 cm³/mol. The molecule has 0 fully saturated rings. The standard InChI is InChI=1S/C22H18BrN3/c1-14-8-10-18(12-15(14)2)24-22-19-13-17(23)9-11-20(19)25-21(26-22)16-6-4-3-5-7-16/h3-13H,1-2H3,(H,24,25,26). The molecule has 1 heterocycles. The van der Waals surface area contributed by atoms with Gasteiger partial charge in [0.15, 0.2) is 5.82 Å². The molecule has 0 bridgehead atoms. The maximum Gasteiger partial charge on any atom is 0.162 e. The Morgan fingerprint density at radius 2 is 1.62 bits per heavy atom. The molecule has 4 heteroatoms. The minimum atomic E-state index is 0.715. The highest BCUT2D eigenvalue weighted by Gasteiger charge is 2.10. The van der Waals surface area contributed by atoms with Crippen LogP contribution in [0, 0.1) is 13.8 Å². The quantitative estimate of drug-likeness (QED) is 0.428. The Balaban J connectivity index is 1.87. The summed E-state index contributed by atoms with van der Waals surface area (Å²) >= 11 is 3.55. The Morgan fingerprint density at radius 1 is 0.808 bits per heavy atom. The molecule has 0 unspecified atom stereocenters. The van der Waals surface area contributed by atoms with E-state index in [0.717, 1.165) is 32.4 Å². The van der Waals surface area contributed by atoms with Crippen LogP contribution in [-0.4, -0.2) is 9.97 Å². The van der Waals surface area contributed by atoms with Gasteiger partial charge in [0.2, 0.25) is 0 Å². The Labute approximate surface area is 161 Å². The third kappa shape index (κ3) is 3.33. The van der Waals surface area contributed by atoms with Crippen LogP contribution in [0.3, 0.4) is 0 Å². The number of halogens is 1. The molecule has 26 heavy (non-hydrogen) atoms. The molecule has 0 aliphatic heterocycles. The molecule has 4 aromatic rings. The van der Waals surface area contributed by atoms with Crippen molar-refractivity contribution in [3.63, 3.8) is 0 Å². The Morgan fingerprint density at radius 3 is 2.38 bits per heavy atom. The van der Waals surface area contributed by atoms with Crippen LogP contribution in [0.25, 0.3) is 22.3 Å². The number of nitrogens with zero attached hydrogens (tertiary/aromatic N) is 2. The Hall–Kier alpha value is -2.72. The molecule has 128 valence electrons. The van der Waals surface area contributed by atoms with Gasteiger partial charge in [-0.3, -0.25) is 0 Å². The molecular weight excluding hydrogens is 386 g/mol. The van der Waals surface area contributed by atoms with Crippen molar-refractivity contribution in [2.24, 2.45) is 0 Å². The Bertz CT molecular complexity index is 1090. The molecule has 1 N–H and O–H groups in total. The summed E-state index contributed by atoms with van der Waals surface area (Å²) in [5.41, 5.74) is 5.45. The van der Waals surface area contributed by atoms with Gasteiger partial charge in [0, 0.05) is 21.1 Å². The number of hydrogen-bond donors (Lipinski definition) is 1. The lowest BCUT2D eigenvalue weighted by Crippen LogP contribution is -2.00. The smallest absolute Gasteiger partial charge is 0.162 e. The van der Waals surface area contributed by atoms with Gasteiger partial charge in [-0.2, -0.15) is 0 Å². The van der Waals surface area contributed by atoms with Crippen LogP contribution < -0.4 is 5.32 Å². The number of aromatic nitrogens is 2. The van der Waals surface area contributed by atoms with E-state index < -0.39 is 0 Å². The van der Waals surface area contributed by atoms with Crippen molar-refractivity contribution in [1.29, 1.82) is 0 Å². The first-order valence-electron chi connectivity index (χ1n) is 8.47. The molecule has 1 aromatic heterocycles. The van der Waals surface area contributed by atoms with Crippen LogP contribution in [0.1, 0.15) is 11.1 Å². The summed E-state index contributed by atoms with van der Waals surface area (Å²) in [6.07, 6.45) is 0. The van der Waals surface area contributed by atoms with Crippen molar-refractivity contribution < 1.29 is 0 Å². The van der Waals surface area contributed by atoms with Gasteiger partial charge in [0.1, 0.15) is 5.82 Å². The highest BCUT2D eigenvalue weighted by molar-refractivity contribution is 9.10. The molecule has 0 aliphatic carbocycles.